The van der Waals surface area contributed by atoms with Gasteiger partial charge in [-0.15, -0.1) is 0 Å². The van der Waals surface area contributed by atoms with Crippen molar-refractivity contribution >= 4 is 18.0 Å². The first kappa shape index (κ1) is 23.6. The third-order valence-corrected chi connectivity index (χ3v) is 10.2. The number of hydrogen-bond acceptors (Lipinski definition) is 4. The van der Waals surface area contributed by atoms with Gasteiger partial charge in [0.15, 0.2) is 0 Å². The Morgan fingerprint density at radius 1 is 0.882 bits per heavy atom. The van der Waals surface area contributed by atoms with E-state index in [1.54, 1.807) is 6.92 Å². The Morgan fingerprint density at radius 3 is 2.29 bits per heavy atom. The molecule has 1 aromatic carbocycles. The number of carbonyl (C=O) groups excluding carboxylic acids is 2. The molecule has 4 fully saturated rings. The van der Waals surface area contributed by atoms with Crippen LogP contribution in [0.3, 0.4) is 0 Å². The maximum Gasteiger partial charge on any atom is 0.303 e. The first-order chi connectivity index (χ1) is 16.2. The third kappa shape index (κ3) is 4.01. The van der Waals surface area contributed by atoms with Crippen LogP contribution >= 0.6 is 0 Å². The predicted molar refractivity (Wildman–Crippen MR) is 133 cm³/mol. The molecule has 34 heavy (non-hydrogen) atoms. The van der Waals surface area contributed by atoms with E-state index in [1.165, 1.54) is 43.7 Å². The van der Waals surface area contributed by atoms with Gasteiger partial charge in [-0.3, -0.25) is 9.59 Å². The Labute approximate surface area is 204 Å². The molecule has 8 atom stereocenters. The van der Waals surface area contributed by atoms with Crippen molar-refractivity contribution < 1.29 is 19.1 Å². The van der Waals surface area contributed by atoms with Crippen LogP contribution in [0.2, 0.25) is 0 Å². The summed E-state index contributed by atoms with van der Waals surface area (Å²) in [6.07, 6.45) is 11.2. The molecule has 0 aliphatic heterocycles. The summed E-state index contributed by atoms with van der Waals surface area (Å²) in [7, 11) is 0. The van der Waals surface area contributed by atoms with Gasteiger partial charge >= 0.3 is 11.9 Å². The number of esters is 2. The van der Waals surface area contributed by atoms with E-state index < -0.39 is 0 Å². The van der Waals surface area contributed by atoms with Crippen molar-refractivity contribution in [2.24, 2.45) is 34.5 Å². The van der Waals surface area contributed by atoms with Crippen LogP contribution in [0, 0.1) is 34.5 Å². The van der Waals surface area contributed by atoms with E-state index >= 15 is 0 Å². The van der Waals surface area contributed by atoms with E-state index in [4.69, 9.17) is 9.47 Å². The van der Waals surface area contributed by atoms with Crippen LogP contribution in [0.25, 0.3) is 6.08 Å². The highest BCUT2D eigenvalue weighted by Gasteiger charge is 2.61. The van der Waals surface area contributed by atoms with E-state index in [-0.39, 0.29) is 35.0 Å². The summed E-state index contributed by atoms with van der Waals surface area (Å²) >= 11 is 0. The standard InChI is InChI=1S/C30H40O4/c1-19(31)33-27-17-23-10-11-24-25-12-13-28(34-20(2)32)29(25,3)15-14-26(24)30(23,4)18-22(27)16-21-8-6-5-7-9-21/h5-9,16,23-28H,10-15,17-18H2,1-4H3/b22-16+/t23-,24+,25-,26+,27+,28-,29+,30+/m0/s1. The minimum Gasteiger partial charge on any atom is -0.462 e. The van der Waals surface area contributed by atoms with E-state index in [1.807, 2.05) is 6.07 Å². The Hall–Kier alpha value is -2.10. The van der Waals surface area contributed by atoms with Crippen LogP contribution in [-0.2, 0) is 19.1 Å². The first-order valence-corrected chi connectivity index (χ1v) is 13.3. The van der Waals surface area contributed by atoms with Crippen LogP contribution in [0.15, 0.2) is 35.9 Å². The van der Waals surface area contributed by atoms with Crippen molar-refractivity contribution in [2.75, 3.05) is 0 Å². The van der Waals surface area contributed by atoms with E-state index in [2.05, 4.69) is 44.2 Å². The Kier molecular flexibility index (Phi) is 6.14. The van der Waals surface area contributed by atoms with E-state index in [0.717, 1.165) is 25.7 Å². The summed E-state index contributed by atoms with van der Waals surface area (Å²) in [4.78, 5) is 23.7. The summed E-state index contributed by atoms with van der Waals surface area (Å²) in [6, 6.07) is 10.4. The number of carbonyl (C=O) groups is 2. The number of hydrogen-bond donors (Lipinski definition) is 0. The molecule has 0 saturated heterocycles. The van der Waals surface area contributed by atoms with Gasteiger partial charge in [-0.1, -0.05) is 50.3 Å². The van der Waals surface area contributed by atoms with Crippen LogP contribution in [0.4, 0.5) is 0 Å². The summed E-state index contributed by atoms with van der Waals surface area (Å²) in [5.74, 6) is 2.28. The highest BCUT2D eigenvalue weighted by atomic mass is 16.5. The molecule has 0 aromatic heterocycles. The van der Waals surface area contributed by atoms with Crippen molar-refractivity contribution in [1.29, 1.82) is 0 Å². The minimum atomic E-state index is -0.183. The molecule has 0 N–H and O–H groups in total. The lowest BCUT2D eigenvalue weighted by molar-refractivity contribution is -0.163. The van der Waals surface area contributed by atoms with Crippen molar-refractivity contribution in [3.63, 3.8) is 0 Å². The highest BCUT2D eigenvalue weighted by Crippen LogP contribution is 2.67. The van der Waals surface area contributed by atoms with Crippen LogP contribution in [0.1, 0.15) is 84.6 Å². The van der Waals surface area contributed by atoms with E-state index in [0.29, 0.717) is 23.7 Å². The second-order valence-corrected chi connectivity index (χ2v) is 12.0. The summed E-state index contributed by atoms with van der Waals surface area (Å²) < 4.78 is 11.7. The Morgan fingerprint density at radius 2 is 1.59 bits per heavy atom. The minimum absolute atomic E-state index is 0.0784. The van der Waals surface area contributed by atoms with Gasteiger partial charge < -0.3 is 9.47 Å². The SMILES string of the molecule is CC(=O)O[C@H]1CC[C@H]2[C@H]3CC[C@H]4C[C@@H](OC(C)=O)/C(=C/c5ccccc5)C[C@@]4(C)[C@@H]3CC[C@@]12C. The van der Waals surface area contributed by atoms with Gasteiger partial charge in [0.05, 0.1) is 0 Å². The van der Waals surface area contributed by atoms with Crippen LogP contribution in [0.5, 0.6) is 0 Å². The quantitative estimate of drug-likeness (QED) is 0.474. The molecule has 184 valence electrons. The molecule has 4 aliphatic carbocycles. The zero-order valence-corrected chi connectivity index (χ0v) is 21.2. The molecule has 4 heteroatoms. The fourth-order valence-electron chi connectivity index (χ4n) is 8.74. The molecule has 1 aromatic rings. The van der Waals surface area contributed by atoms with Gasteiger partial charge in [0, 0.05) is 19.3 Å². The van der Waals surface area contributed by atoms with Gasteiger partial charge in [0.1, 0.15) is 12.2 Å². The predicted octanol–water partition coefficient (Wildman–Crippen LogP) is 6.59. The fraction of sp³-hybridized carbons (Fsp3) is 0.667. The molecule has 4 saturated carbocycles. The molecule has 0 amide bonds. The molecule has 5 rings (SSSR count). The van der Waals surface area contributed by atoms with E-state index in [9.17, 15) is 9.59 Å². The first-order valence-electron chi connectivity index (χ1n) is 13.3. The Balaban J connectivity index is 1.44. The smallest absolute Gasteiger partial charge is 0.303 e. The summed E-state index contributed by atoms with van der Waals surface area (Å²) in [6.45, 7) is 8.00. The molecule has 0 heterocycles. The molecule has 0 unspecified atom stereocenters. The molecule has 0 radical (unpaired) electrons. The molecule has 0 bridgehead atoms. The largest absolute Gasteiger partial charge is 0.462 e. The number of ether oxygens (including phenoxy) is 2. The lowest BCUT2D eigenvalue weighted by atomic mass is 9.44. The molecular weight excluding hydrogens is 424 g/mol. The van der Waals surface area contributed by atoms with Crippen molar-refractivity contribution in [3.8, 4) is 0 Å². The molecule has 4 nitrogen and oxygen atoms in total. The second-order valence-electron chi connectivity index (χ2n) is 12.0. The topological polar surface area (TPSA) is 52.6 Å². The molecular formula is C30H40O4. The average molecular weight is 465 g/mol. The molecule has 4 aliphatic rings. The maximum atomic E-state index is 12.0. The summed E-state index contributed by atoms with van der Waals surface area (Å²) in [5.41, 5.74) is 2.80. The number of fused-ring (bicyclic) bond motifs is 5. The van der Waals surface area contributed by atoms with Gasteiger partial charge in [0.25, 0.3) is 0 Å². The fourth-order valence-corrected chi connectivity index (χ4v) is 8.74. The third-order valence-electron chi connectivity index (χ3n) is 10.2. The maximum absolute atomic E-state index is 12.0. The molecule has 0 spiro atoms. The van der Waals surface area contributed by atoms with Gasteiger partial charge in [-0.2, -0.15) is 0 Å². The number of rotatable bonds is 3. The lowest BCUT2D eigenvalue weighted by Crippen LogP contribution is -2.55. The van der Waals surface area contributed by atoms with Crippen LogP contribution in [-0.4, -0.2) is 24.1 Å². The van der Waals surface area contributed by atoms with Crippen molar-refractivity contribution in [2.45, 2.75) is 91.3 Å². The van der Waals surface area contributed by atoms with Crippen LogP contribution < -0.4 is 0 Å². The summed E-state index contributed by atoms with van der Waals surface area (Å²) in [5, 5.41) is 0. The lowest BCUT2D eigenvalue weighted by Gasteiger charge is -2.61. The van der Waals surface area contributed by atoms with Crippen molar-refractivity contribution in [1.82, 2.24) is 0 Å². The van der Waals surface area contributed by atoms with Gasteiger partial charge in [-0.05, 0) is 91.6 Å². The number of benzene rings is 1. The highest BCUT2D eigenvalue weighted by molar-refractivity contribution is 5.67. The van der Waals surface area contributed by atoms with Gasteiger partial charge in [0.2, 0.25) is 0 Å². The normalized spacial score (nSPS) is 42.3. The zero-order chi connectivity index (χ0) is 24.1. The van der Waals surface area contributed by atoms with Crippen molar-refractivity contribution in [3.05, 3.63) is 41.5 Å². The monoisotopic (exact) mass is 464 g/mol. The Bertz CT molecular complexity index is 967. The van der Waals surface area contributed by atoms with Gasteiger partial charge in [-0.25, -0.2) is 0 Å². The zero-order valence-electron chi connectivity index (χ0n) is 21.2. The second kappa shape index (κ2) is 8.84. The average Bonchev–Trinajstić information content (AvgIpc) is 3.10.